The molecule has 0 aliphatic carbocycles. The lowest BCUT2D eigenvalue weighted by atomic mass is 10.1. The van der Waals surface area contributed by atoms with Crippen molar-refractivity contribution in [1.29, 1.82) is 0 Å². The summed E-state index contributed by atoms with van der Waals surface area (Å²) in [5.74, 6) is -3.96. The molecule has 0 atom stereocenters. The third-order valence-corrected chi connectivity index (χ3v) is 8.91. The number of nitrogens with zero attached hydrogens (tertiary/aromatic N) is 2. The third kappa shape index (κ3) is 5.77. The second-order valence-electron chi connectivity index (χ2n) is 8.79. The number of anilines is 2. The first-order valence-electron chi connectivity index (χ1n) is 12.1. The molecule has 0 bridgehead atoms. The maximum Gasteiger partial charge on any atom is 0.269 e. The standard InChI is InChI=1S/C26H26F2N4O6S2/c1-4-12-39(34,35)31-21-11-10-20(27)23(24(21)28)26(33)30-17-13-19-22(38-5-2)15-32(25(19)29-14-17)40(36,37)18-8-6-16(3)7-9-18/h6-11,13-15,31H,4-5,12H2,1-3H3,(H,30,33). The lowest BCUT2D eigenvalue weighted by molar-refractivity contribution is 0.101. The van der Waals surface area contributed by atoms with Crippen molar-refractivity contribution in [1.82, 2.24) is 8.96 Å². The number of ether oxygens (including phenoxy) is 1. The zero-order valence-corrected chi connectivity index (χ0v) is 23.4. The van der Waals surface area contributed by atoms with E-state index in [1.54, 1.807) is 26.0 Å². The van der Waals surface area contributed by atoms with Gasteiger partial charge < -0.3 is 10.1 Å². The second kappa shape index (κ2) is 11.2. The maximum atomic E-state index is 15.1. The van der Waals surface area contributed by atoms with Gasteiger partial charge in [0.05, 0.1) is 46.4 Å². The number of carbonyl (C=O) groups is 1. The van der Waals surface area contributed by atoms with Crippen molar-refractivity contribution in [3.8, 4) is 5.75 Å². The number of aryl methyl sites for hydroxylation is 1. The quantitative estimate of drug-likeness (QED) is 0.273. The Labute approximate surface area is 230 Å². The molecule has 40 heavy (non-hydrogen) atoms. The zero-order chi connectivity index (χ0) is 29.2. The summed E-state index contributed by atoms with van der Waals surface area (Å²) in [4.78, 5) is 17.1. The molecule has 0 saturated carbocycles. The van der Waals surface area contributed by atoms with Gasteiger partial charge in [-0.2, -0.15) is 0 Å². The Balaban J connectivity index is 1.71. The average molecular weight is 593 g/mol. The Morgan fingerprint density at radius 2 is 1.75 bits per heavy atom. The molecule has 2 N–H and O–H groups in total. The summed E-state index contributed by atoms with van der Waals surface area (Å²) >= 11 is 0. The van der Waals surface area contributed by atoms with Gasteiger partial charge in [0.2, 0.25) is 10.0 Å². The number of carbonyl (C=O) groups excluding carboxylic acids is 1. The van der Waals surface area contributed by atoms with Gasteiger partial charge in [-0.3, -0.25) is 9.52 Å². The molecule has 2 aromatic heterocycles. The fourth-order valence-corrected chi connectivity index (χ4v) is 6.36. The Hall–Kier alpha value is -4.04. The van der Waals surface area contributed by atoms with Gasteiger partial charge in [-0.05, 0) is 50.6 Å². The van der Waals surface area contributed by atoms with Crippen LogP contribution < -0.4 is 14.8 Å². The molecule has 14 heteroatoms. The number of hydrogen-bond acceptors (Lipinski definition) is 7. The minimum atomic E-state index is -4.06. The first-order valence-corrected chi connectivity index (χ1v) is 15.2. The van der Waals surface area contributed by atoms with Crippen molar-refractivity contribution in [2.45, 2.75) is 32.1 Å². The number of pyridine rings is 1. The van der Waals surface area contributed by atoms with E-state index in [0.29, 0.717) is 0 Å². The van der Waals surface area contributed by atoms with Crippen LogP contribution in [0.3, 0.4) is 0 Å². The predicted molar refractivity (Wildman–Crippen MR) is 147 cm³/mol. The molecule has 0 saturated heterocycles. The number of rotatable bonds is 10. The van der Waals surface area contributed by atoms with E-state index in [0.717, 1.165) is 27.9 Å². The molecular formula is C26H26F2N4O6S2. The molecule has 1 amide bonds. The van der Waals surface area contributed by atoms with Crippen LogP contribution in [-0.4, -0.2) is 44.1 Å². The molecule has 0 fully saturated rings. The molecule has 212 valence electrons. The molecule has 4 rings (SSSR count). The van der Waals surface area contributed by atoms with E-state index in [9.17, 15) is 26.0 Å². The van der Waals surface area contributed by atoms with Crippen molar-refractivity contribution in [3.63, 3.8) is 0 Å². The summed E-state index contributed by atoms with van der Waals surface area (Å²) in [6, 6.07) is 9.25. The van der Waals surface area contributed by atoms with Crippen LogP contribution in [0.25, 0.3) is 11.0 Å². The van der Waals surface area contributed by atoms with Gasteiger partial charge in [0.1, 0.15) is 17.1 Å². The summed E-state index contributed by atoms with van der Waals surface area (Å²) in [5, 5.41) is 2.55. The van der Waals surface area contributed by atoms with Crippen LogP contribution in [0.2, 0.25) is 0 Å². The highest BCUT2D eigenvalue weighted by atomic mass is 32.2. The van der Waals surface area contributed by atoms with Crippen molar-refractivity contribution in [2.75, 3.05) is 22.4 Å². The van der Waals surface area contributed by atoms with Crippen LogP contribution in [0.5, 0.6) is 5.75 Å². The molecule has 0 unspecified atom stereocenters. The van der Waals surface area contributed by atoms with Gasteiger partial charge in [-0.15, -0.1) is 0 Å². The van der Waals surface area contributed by atoms with E-state index in [2.05, 4.69) is 10.3 Å². The summed E-state index contributed by atoms with van der Waals surface area (Å²) in [5.41, 5.74) is -0.722. The number of nitrogens with one attached hydrogen (secondary N) is 2. The fourth-order valence-electron chi connectivity index (χ4n) is 3.92. The molecule has 2 heterocycles. The molecule has 10 nitrogen and oxygen atoms in total. The molecule has 0 radical (unpaired) electrons. The van der Waals surface area contributed by atoms with Crippen LogP contribution in [-0.2, 0) is 20.0 Å². The molecule has 0 spiro atoms. The highest BCUT2D eigenvalue weighted by Crippen LogP contribution is 2.32. The largest absolute Gasteiger partial charge is 0.492 e. The van der Waals surface area contributed by atoms with Crippen LogP contribution in [0.1, 0.15) is 36.2 Å². The summed E-state index contributed by atoms with van der Waals surface area (Å²) in [6.45, 7) is 5.33. The van der Waals surface area contributed by atoms with Gasteiger partial charge >= 0.3 is 0 Å². The van der Waals surface area contributed by atoms with Crippen LogP contribution in [0, 0.1) is 18.6 Å². The van der Waals surface area contributed by atoms with Crippen molar-refractivity contribution >= 4 is 48.4 Å². The Kier molecular flexibility index (Phi) is 8.12. The first kappa shape index (κ1) is 29.0. The van der Waals surface area contributed by atoms with Gasteiger partial charge in [0.15, 0.2) is 11.5 Å². The molecule has 0 aliphatic heterocycles. The minimum Gasteiger partial charge on any atom is -0.492 e. The highest BCUT2D eigenvalue weighted by molar-refractivity contribution is 7.92. The SMILES string of the molecule is CCCS(=O)(=O)Nc1ccc(F)c(C(=O)Nc2cnc3c(c2)c(OCC)cn3S(=O)(=O)c2ccc(C)cc2)c1F. The highest BCUT2D eigenvalue weighted by Gasteiger charge is 2.25. The smallest absolute Gasteiger partial charge is 0.269 e. The number of amides is 1. The predicted octanol–water partition coefficient (Wildman–Crippen LogP) is 4.66. The number of sulfonamides is 1. The number of halogens is 2. The van der Waals surface area contributed by atoms with Gasteiger partial charge in [0, 0.05) is 0 Å². The topological polar surface area (TPSA) is 136 Å². The van der Waals surface area contributed by atoms with Crippen LogP contribution in [0.4, 0.5) is 20.2 Å². The van der Waals surface area contributed by atoms with Crippen molar-refractivity contribution in [2.24, 2.45) is 0 Å². The van der Waals surface area contributed by atoms with E-state index in [1.165, 1.54) is 24.4 Å². The third-order valence-electron chi connectivity index (χ3n) is 5.77. The molecular weight excluding hydrogens is 566 g/mol. The van der Waals surface area contributed by atoms with E-state index >= 15 is 4.39 Å². The van der Waals surface area contributed by atoms with E-state index < -0.39 is 48.8 Å². The van der Waals surface area contributed by atoms with Gasteiger partial charge in [0.25, 0.3) is 15.9 Å². The van der Waals surface area contributed by atoms with Crippen LogP contribution >= 0.6 is 0 Å². The molecule has 0 aliphatic rings. The van der Waals surface area contributed by atoms with E-state index in [-0.39, 0.29) is 46.1 Å². The summed E-state index contributed by atoms with van der Waals surface area (Å²) < 4.78 is 88.9. The van der Waals surface area contributed by atoms with Gasteiger partial charge in [-0.25, -0.2) is 34.6 Å². The molecule has 4 aromatic rings. The second-order valence-corrected chi connectivity index (χ2v) is 12.5. The van der Waals surface area contributed by atoms with Crippen LogP contribution in [0.15, 0.2) is 59.8 Å². The Bertz CT molecular complexity index is 1810. The lowest BCUT2D eigenvalue weighted by Gasteiger charge is -2.12. The fraction of sp³-hybridized carbons (Fsp3) is 0.231. The summed E-state index contributed by atoms with van der Waals surface area (Å²) in [6.07, 6.45) is 2.65. The monoisotopic (exact) mass is 592 g/mol. The number of aromatic nitrogens is 2. The van der Waals surface area contributed by atoms with E-state index in [4.69, 9.17) is 4.74 Å². The Morgan fingerprint density at radius 3 is 2.40 bits per heavy atom. The van der Waals surface area contributed by atoms with Crippen molar-refractivity contribution in [3.05, 3.63) is 77.6 Å². The minimum absolute atomic E-state index is 0.00622. The first-order chi connectivity index (χ1) is 18.9. The van der Waals surface area contributed by atoms with Gasteiger partial charge in [-0.1, -0.05) is 24.6 Å². The summed E-state index contributed by atoms with van der Waals surface area (Å²) in [7, 11) is -7.97. The lowest BCUT2D eigenvalue weighted by Crippen LogP contribution is -2.20. The molecule has 2 aromatic carbocycles. The van der Waals surface area contributed by atoms with Crippen molar-refractivity contribution < 1.29 is 35.1 Å². The van der Waals surface area contributed by atoms with E-state index in [1.807, 2.05) is 11.6 Å². The average Bonchev–Trinajstić information content (AvgIpc) is 3.25. The Morgan fingerprint density at radius 1 is 1.05 bits per heavy atom. The zero-order valence-electron chi connectivity index (χ0n) is 21.7. The number of benzene rings is 2. The maximum absolute atomic E-state index is 15.1. The number of hydrogen-bond donors (Lipinski definition) is 2. The number of fused-ring (bicyclic) bond motifs is 1. The normalized spacial score (nSPS) is 11.9.